The summed E-state index contributed by atoms with van der Waals surface area (Å²) in [6.07, 6.45) is 0. The van der Waals surface area contributed by atoms with E-state index in [-0.39, 0.29) is 44.8 Å². The molecule has 8 nitrogen and oxygen atoms in total. The Kier molecular flexibility index (Phi) is 26.0. The van der Waals surface area contributed by atoms with Crippen molar-refractivity contribution in [3.8, 4) is 0 Å². The van der Waals surface area contributed by atoms with E-state index in [4.69, 9.17) is 20.2 Å². The number of ether oxygens (including phenoxy) is 1. The molecule has 5 aromatic rings. The van der Waals surface area contributed by atoms with Crippen LogP contribution in [0.3, 0.4) is 0 Å². The molecule has 0 unspecified atom stereocenters. The fourth-order valence-electron chi connectivity index (χ4n) is 3.81. The standard InChI is InChI=1S/2C14H14P.C8H7O2.2Au.2HNO2/c2*1-15(2,13-9-5-3-6-10-13)14-11-7-4-8-12-14;1-10-8(9)7-5-3-2-4-6-7;;;2*2-1-3/h2*3-12H,1-2H2;2-6H,1H2;;;2*(H,2,3)/q3*-1;;+1;;. The van der Waals surface area contributed by atoms with E-state index in [1.165, 1.54) is 31.9 Å². The molecule has 0 saturated carbocycles. The first-order valence-corrected chi connectivity index (χ1v) is 17.7. The molecule has 0 atom stereocenters. The molecular formula is C36H37Au2N2O6P2-2. The monoisotopic (exact) mass is 1050 g/mol. The smallest absolute Gasteiger partial charge is 0.637 e. The minimum absolute atomic E-state index is 0. The van der Waals surface area contributed by atoms with Crippen LogP contribution in [0.15, 0.2) is 162 Å². The number of hydrogen-bond donors (Lipinski definition) is 2. The van der Waals surface area contributed by atoms with Gasteiger partial charge in [0, 0.05) is 43.6 Å². The van der Waals surface area contributed by atoms with E-state index >= 15 is 0 Å². The second-order valence-corrected chi connectivity index (χ2v) is 15.2. The van der Waals surface area contributed by atoms with Crippen LogP contribution in [-0.4, -0.2) is 16.4 Å². The van der Waals surface area contributed by atoms with Crippen LogP contribution >= 0.6 is 14.5 Å². The molecule has 261 valence electrons. The van der Waals surface area contributed by atoms with Crippen LogP contribution in [0.4, 0.5) is 0 Å². The molecule has 48 heavy (non-hydrogen) atoms. The predicted molar refractivity (Wildman–Crippen MR) is 192 cm³/mol. The normalized spacial score (nSPS) is 9.44. The van der Waals surface area contributed by atoms with Crippen LogP contribution in [0.2, 0.25) is 0 Å². The van der Waals surface area contributed by atoms with Crippen molar-refractivity contribution in [1.82, 2.24) is 0 Å². The second kappa shape index (κ2) is 26.6. The quantitative estimate of drug-likeness (QED) is 0.0456. The Bertz CT molecular complexity index is 1360. The Morgan fingerprint density at radius 1 is 0.500 bits per heavy atom. The van der Waals surface area contributed by atoms with Gasteiger partial charge in [-0.15, -0.1) is 9.81 Å². The second-order valence-electron chi connectivity index (χ2n) is 9.24. The van der Waals surface area contributed by atoms with Gasteiger partial charge in [-0.1, -0.05) is 91.0 Å². The first-order chi connectivity index (χ1) is 22.1. The van der Waals surface area contributed by atoms with Gasteiger partial charge in [-0.2, -0.15) is 48.3 Å². The van der Waals surface area contributed by atoms with Crippen LogP contribution in [0.1, 0.15) is 10.4 Å². The van der Waals surface area contributed by atoms with Crippen molar-refractivity contribution in [3.63, 3.8) is 0 Å². The largest absolute Gasteiger partial charge is 1.00 e. The molecule has 0 aromatic heterocycles. The zero-order valence-electron chi connectivity index (χ0n) is 25.9. The minimum Gasteiger partial charge on any atom is -0.637 e. The third-order valence-electron chi connectivity index (χ3n) is 6.14. The van der Waals surface area contributed by atoms with Crippen molar-refractivity contribution in [2.75, 3.05) is 0 Å². The van der Waals surface area contributed by atoms with Crippen LogP contribution in [0.25, 0.3) is 0 Å². The molecule has 0 fully saturated rings. The molecule has 12 heteroatoms. The Morgan fingerprint density at radius 2 is 0.688 bits per heavy atom. The number of hydrogen-bond acceptors (Lipinski definition) is 6. The first kappa shape index (κ1) is 46.8. The molecule has 2 N–H and O–H groups in total. The molecule has 0 amide bonds. The summed E-state index contributed by atoms with van der Waals surface area (Å²) in [5.74, 6) is -0.402. The Balaban J connectivity index is 0. The Hall–Kier alpha value is -3.29. The first-order valence-electron chi connectivity index (χ1n) is 13.4. The van der Waals surface area contributed by atoms with Gasteiger partial charge in [0.2, 0.25) is 0 Å². The summed E-state index contributed by atoms with van der Waals surface area (Å²) in [6, 6.07) is 50.1. The number of carbonyl (C=O) groups excluding carboxylic acids is 1. The molecule has 0 heterocycles. The third-order valence-corrected chi connectivity index (χ3v) is 11.3. The van der Waals surface area contributed by atoms with Gasteiger partial charge in [-0.05, 0) is 60.7 Å². The summed E-state index contributed by atoms with van der Waals surface area (Å²) in [6.45, 7) is 17.2. The maximum atomic E-state index is 10.7. The van der Waals surface area contributed by atoms with Gasteiger partial charge < -0.3 is 15.2 Å². The summed E-state index contributed by atoms with van der Waals surface area (Å²) in [5.41, 5.74) is 0.525. The molecule has 5 aromatic carbocycles. The molecule has 0 spiro atoms. The average molecular weight is 1050 g/mol. The number of benzene rings is 5. The van der Waals surface area contributed by atoms with Crippen molar-refractivity contribution in [1.29, 1.82) is 0 Å². The molecular weight excluding hydrogens is 1010 g/mol. The summed E-state index contributed by atoms with van der Waals surface area (Å²) in [5, 5.41) is 20.8. The molecule has 0 aliphatic carbocycles. The number of esters is 1. The SMILES string of the molecule is O=NO.O=NO.[Au+].[Au].[CH2-]OC(=O)c1ccccc1.[CH2-][P+]([CH2-])(c1ccccc1)c1ccccc1.[CH2-][P+]([CH2-])(c1ccccc1)c1ccccc1. The van der Waals surface area contributed by atoms with Crippen molar-refractivity contribution >= 4 is 41.7 Å². The molecule has 1 radical (unpaired) electrons. The van der Waals surface area contributed by atoms with Crippen molar-refractivity contribution in [2.24, 2.45) is 10.7 Å². The van der Waals surface area contributed by atoms with E-state index in [2.05, 4.69) is 87.0 Å². The maximum Gasteiger partial charge on any atom is 1.00 e. The van der Waals surface area contributed by atoms with Gasteiger partial charge in [0.1, 0.15) is 0 Å². The van der Waals surface area contributed by atoms with E-state index in [1.807, 2.05) is 78.9 Å². The predicted octanol–water partition coefficient (Wildman–Crippen LogP) is 8.39. The zero-order chi connectivity index (χ0) is 34.3. The third kappa shape index (κ3) is 16.7. The van der Waals surface area contributed by atoms with Crippen LogP contribution < -0.4 is 21.2 Å². The Labute approximate surface area is 315 Å². The van der Waals surface area contributed by atoms with Gasteiger partial charge in [0.15, 0.2) is 10.7 Å². The molecule has 0 aliphatic heterocycles. The summed E-state index contributed by atoms with van der Waals surface area (Å²) in [4.78, 5) is 27.0. The van der Waals surface area contributed by atoms with Crippen LogP contribution in [0.5, 0.6) is 0 Å². The molecule has 0 saturated heterocycles. The Morgan fingerprint density at radius 3 is 0.875 bits per heavy atom. The zero-order valence-corrected chi connectivity index (χ0v) is 32.0. The number of rotatable bonds is 5. The maximum absolute atomic E-state index is 10.7. The number of carbonyl (C=O) groups is 1. The van der Waals surface area contributed by atoms with Gasteiger partial charge in [0.25, 0.3) is 0 Å². The summed E-state index contributed by atoms with van der Waals surface area (Å²) in [7, 11) is -0.282. The molecule has 0 aliphatic rings. The van der Waals surface area contributed by atoms with Gasteiger partial charge in [-0.3, -0.25) is 0 Å². The van der Waals surface area contributed by atoms with E-state index < -0.39 is 20.5 Å². The summed E-state index contributed by atoms with van der Waals surface area (Å²) < 4.78 is 4.25. The fourth-order valence-corrected chi connectivity index (χ4v) is 7.38. The van der Waals surface area contributed by atoms with E-state index in [0.717, 1.165) is 0 Å². The molecule has 5 rings (SSSR count). The van der Waals surface area contributed by atoms with E-state index in [1.54, 1.807) is 24.3 Å². The fraction of sp³-hybridized carbons (Fsp3) is 0. The summed E-state index contributed by atoms with van der Waals surface area (Å²) >= 11 is 0. The van der Waals surface area contributed by atoms with Crippen molar-refractivity contribution in [2.45, 2.75) is 0 Å². The average Bonchev–Trinajstić information content (AvgIpc) is 3.11. The van der Waals surface area contributed by atoms with E-state index in [9.17, 15) is 4.79 Å². The minimum atomic E-state index is -1.65. The van der Waals surface area contributed by atoms with Crippen molar-refractivity contribution in [3.05, 3.63) is 201 Å². The van der Waals surface area contributed by atoms with Crippen LogP contribution in [0, 0.1) is 43.6 Å². The van der Waals surface area contributed by atoms with Crippen LogP contribution in [-0.2, 0) is 49.5 Å². The van der Waals surface area contributed by atoms with E-state index in [0.29, 0.717) is 5.56 Å². The molecule has 0 bridgehead atoms. The van der Waals surface area contributed by atoms with Crippen molar-refractivity contribution < 1.29 is 64.7 Å². The van der Waals surface area contributed by atoms with Gasteiger partial charge >= 0.3 is 28.3 Å². The number of nitrogens with zero attached hydrogens (tertiary/aromatic N) is 2. The topological polar surface area (TPSA) is 126 Å². The van der Waals surface area contributed by atoms with Gasteiger partial charge in [0.05, 0.1) is 5.56 Å². The van der Waals surface area contributed by atoms with Gasteiger partial charge in [-0.25, -0.2) is 4.79 Å².